The standard InChI is InChI=1S/C10H14N4S2.2ClH/c11-9(12)15-5-7-1-2-8(4-3-7)6-16-10(13)14;;/h1-4H,5-6H2,(H3,11,12)(H3,13,14);2*1H. The fourth-order valence-electron chi connectivity index (χ4n) is 1.07. The van der Waals surface area contributed by atoms with Crippen molar-refractivity contribution >= 4 is 33.9 Å². The van der Waals surface area contributed by atoms with E-state index in [4.69, 9.17) is 22.3 Å². The number of benzene rings is 1. The molecule has 1 aromatic rings. The summed E-state index contributed by atoms with van der Waals surface area (Å²) in [6.07, 6.45) is 0. The molecule has 8 N–H and O–H groups in total. The number of hydrogen-bond donors (Lipinski definition) is 4. The fraction of sp³-hybridized carbons (Fsp3) is 0.200. The molecule has 0 aliphatic carbocycles. The number of halogens is 2. The maximum atomic E-state index is 5.37. The predicted molar refractivity (Wildman–Crippen MR) is 71.3 cm³/mol. The third kappa shape index (κ3) is 8.52. The van der Waals surface area contributed by atoms with Crippen LogP contribution >= 0.6 is 23.5 Å². The van der Waals surface area contributed by atoms with Crippen LogP contribution in [0.15, 0.2) is 24.3 Å². The summed E-state index contributed by atoms with van der Waals surface area (Å²) < 4.78 is 0. The molecule has 0 aliphatic rings. The zero-order valence-corrected chi connectivity index (χ0v) is 12.8. The first kappa shape index (κ1) is 19.8. The Bertz CT molecular complexity index is 347. The predicted octanol–water partition coefficient (Wildman–Crippen LogP) is -7.69. The van der Waals surface area contributed by atoms with Crippen LogP contribution in [0.5, 0.6) is 0 Å². The molecular weight excluding hydrogens is 311 g/mol. The molecule has 0 heterocycles. The Labute approximate surface area is 127 Å². The minimum atomic E-state index is 0. The second-order valence-electron chi connectivity index (χ2n) is 3.20. The molecule has 0 fully saturated rings. The van der Waals surface area contributed by atoms with Crippen LogP contribution in [0.2, 0.25) is 0 Å². The molecule has 0 atom stereocenters. The van der Waals surface area contributed by atoms with E-state index in [1.807, 2.05) is 0 Å². The molecule has 0 bridgehead atoms. The highest BCUT2D eigenvalue weighted by Crippen LogP contribution is 2.15. The first-order valence-corrected chi connectivity index (χ1v) is 6.64. The van der Waals surface area contributed by atoms with E-state index >= 15 is 0 Å². The molecule has 0 saturated heterocycles. The van der Waals surface area contributed by atoms with Crippen LogP contribution in [0.1, 0.15) is 11.1 Å². The maximum Gasteiger partial charge on any atom is 0.300 e. The van der Waals surface area contributed by atoms with Crippen molar-refractivity contribution < 1.29 is 35.6 Å². The minimum Gasteiger partial charge on any atom is -1.00 e. The van der Waals surface area contributed by atoms with Gasteiger partial charge in [0.25, 0.3) is 10.3 Å². The second-order valence-corrected chi connectivity index (χ2v) is 5.30. The van der Waals surface area contributed by atoms with Crippen molar-refractivity contribution in [2.45, 2.75) is 11.5 Å². The molecule has 0 amide bonds. The average Bonchev–Trinajstić information content (AvgIpc) is 2.25. The molecule has 4 nitrogen and oxygen atoms in total. The van der Waals surface area contributed by atoms with E-state index in [9.17, 15) is 0 Å². The molecule has 0 unspecified atom stereocenters. The van der Waals surface area contributed by atoms with Gasteiger partial charge in [0.1, 0.15) is 0 Å². The maximum absolute atomic E-state index is 5.37. The van der Waals surface area contributed by atoms with E-state index in [0.29, 0.717) is 10.3 Å². The molecule has 102 valence electrons. The Hall–Kier alpha value is -0.560. The van der Waals surface area contributed by atoms with Crippen LogP contribution < -0.4 is 47.1 Å². The van der Waals surface area contributed by atoms with Crippen molar-refractivity contribution in [3.05, 3.63) is 35.4 Å². The topological polar surface area (TPSA) is 103 Å². The largest absolute Gasteiger partial charge is 1.00 e. The summed E-state index contributed by atoms with van der Waals surface area (Å²) in [5.41, 5.74) is 13.1. The lowest BCUT2D eigenvalue weighted by molar-refractivity contribution is -0.110. The third-order valence-corrected chi connectivity index (χ3v) is 3.46. The van der Waals surface area contributed by atoms with Crippen molar-refractivity contribution in [1.82, 2.24) is 0 Å². The molecule has 0 aliphatic heterocycles. The van der Waals surface area contributed by atoms with Gasteiger partial charge in [0, 0.05) is 11.5 Å². The summed E-state index contributed by atoms with van der Waals surface area (Å²) in [6, 6.07) is 8.22. The smallest absolute Gasteiger partial charge is 0.300 e. The summed E-state index contributed by atoms with van der Waals surface area (Å²) in [7, 11) is 0. The molecular formula is C10H16Cl2N4S2. The summed E-state index contributed by atoms with van der Waals surface area (Å²) >= 11 is 2.86. The van der Waals surface area contributed by atoms with Gasteiger partial charge < -0.3 is 24.8 Å². The second kappa shape index (κ2) is 10.4. The lowest BCUT2D eigenvalue weighted by atomic mass is 10.2. The van der Waals surface area contributed by atoms with Crippen LogP contribution in [0, 0.1) is 0 Å². The zero-order valence-electron chi connectivity index (χ0n) is 9.61. The van der Waals surface area contributed by atoms with Gasteiger partial charge in [0.05, 0.1) is 0 Å². The van der Waals surface area contributed by atoms with Gasteiger partial charge in [0.2, 0.25) is 0 Å². The van der Waals surface area contributed by atoms with E-state index < -0.39 is 0 Å². The van der Waals surface area contributed by atoms with Crippen molar-refractivity contribution in [3.8, 4) is 0 Å². The summed E-state index contributed by atoms with van der Waals surface area (Å²) in [5, 5.41) is 11.5. The highest BCUT2D eigenvalue weighted by atomic mass is 35.5. The highest BCUT2D eigenvalue weighted by Gasteiger charge is 2.01. The van der Waals surface area contributed by atoms with Crippen molar-refractivity contribution in [1.29, 1.82) is 0 Å². The first-order valence-electron chi connectivity index (χ1n) is 4.67. The van der Waals surface area contributed by atoms with Crippen LogP contribution in [0.4, 0.5) is 0 Å². The Morgan fingerprint density at radius 2 is 1.11 bits per heavy atom. The minimum absolute atomic E-state index is 0. The fourth-order valence-corrected chi connectivity index (χ4v) is 2.12. The normalized spacial score (nSPS) is 8.89. The van der Waals surface area contributed by atoms with E-state index in [1.54, 1.807) is 0 Å². The molecule has 1 aromatic carbocycles. The Balaban J connectivity index is 0. The van der Waals surface area contributed by atoms with Crippen LogP contribution in [-0.2, 0) is 11.5 Å². The van der Waals surface area contributed by atoms with Gasteiger partial charge in [-0.15, -0.1) is 0 Å². The van der Waals surface area contributed by atoms with Crippen molar-refractivity contribution in [3.63, 3.8) is 0 Å². The molecule has 0 spiro atoms. The lowest BCUT2D eigenvalue weighted by Crippen LogP contribution is -3.00. The summed E-state index contributed by atoms with van der Waals surface area (Å²) in [4.78, 5) is 0. The molecule has 8 heteroatoms. The molecule has 18 heavy (non-hydrogen) atoms. The van der Waals surface area contributed by atoms with Gasteiger partial charge in [-0.25, -0.2) is 0 Å². The number of rotatable bonds is 4. The number of hydrogen-bond acceptors (Lipinski definition) is 2. The lowest BCUT2D eigenvalue weighted by Gasteiger charge is -2.01. The SMILES string of the molecule is NC(=[NH2+])SCc1ccc(CSC(N)=[NH2+])cc1.[Cl-].[Cl-]. The Kier molecular flexibility index (Phi) is 11.4. The highest BCUT2D eigenvalue weighted by molar-refractivity contribution is 8.13. The first-order chi connectivity index (χ1) is 7.58. The van der Waals surface area contributed by atoms with Gasteiger partial charge >= 0.3 is 0 Å². The van der Waals surface area contributed by atoms with Crippen LogP contribution in [0.25, 0.3) is 0 Å². The molecule has 0 radical (unpaired) electrons. The van der Waals surface area contributed by atoms with Gasteiger partial charge in [0.15, 0.2) is 0 Å². The Morgan fingerprint density at radius 3 is 1.33 bits per heavy atom. The van der Waals surface area contributed by atoms with Gasteiger partial charge in [-0.1, -0.05) is 24.3 Å². The summed E-state index contributed by atoms with van der Waals surface area (Å²) in [6.45, 7) is 0. The summed E-state index contributed by atoms with van der Waals surface area (Å²) in [5.74, 6) is 1.59. The third-order valence-electron chi connectivity index (χ3n) is 1.83. The van der Waals surface area contributed by atoms with E-state index in [-0.39, 0.29) is 24.8 Å². The van der Waals surface area contributed by atoms with E-state index in [0.717, 1.165) is 11.5 Å². The van der Waals surface area contributed by atoms with Gasteiger partial charge in [-0.3, -0.25) is 22.3 Å². The number of thioether (sulfide) groups is 2. The molecule has 1 rings (SSSR count). The average molecular weight is 327 g/mol. The van der Waals surface area contributed by atoms with Crippen LogP contribution in [-0.4, -0.2) is 10.3 Å². The van der Waals surface area contributed by atoms with Crippen molar-refractivity contribution in [2.75, 3.05) is 0 Å². The van der Waals surface area contributed by atoms with Gasteiger partial charge in [-0.2, -0.15) is 0 Å². The van der Waals surface area contributed by atoms with Crippen LogP contribution in [0.3, 0.4) is 0 Å². The monoisotopic (exact) mass is 326 g/mol. The number of amidine groups is 2. The van der Waals surface area contributed by atoms with Crippen molar-refractivity contribution in [2.24, 2.45) is 11.5 Å². The zero-order chi connectivity index (χ0) is 12.0. The molecule has 0 aromatic heterocycles. The Morgan fingerprint density at radius 1 is 0.833 bits per heavy atom. The quantitative estimate of drug-likeness (QED) is 0.326. The number of nitrogens with two attached hydrogens (primary N) is 4. The van der Waals surface area contributed by atoms with E-state index in [1.165, 1.54) is 34.7 Å². The van der Waals surface area contributed by atoms with E-state index in [2.05, 4.69) is 24.3 Å². The molecule has 0 saturated carbocycles. The van der Waals surface area contributed by atoms with Gasteiger partial charge in [-0.05, 0) is 34.7 Å².